The molecule has 0 aromatic carbocycles. The van der Waals surface area contributed by atoms with Gasteiger partial charge in [-0.15, -0.1) is 12.4 Å². The van der Waals surface area contributed by atoms with Crippen molar-refractivity contribution in [2.45, 2.75) is 25.4 Å². The second-order valence-electron chi connectivity index (χ2n) is 2.25. The first-order valence-electron chi connectivity index (χ1n) is 2.76. The Morgan fingerprint density at radius 2 is 2.33 bits per heavy atom. The minimum Gasteiger partial charge on any atom is -0.352 e. The minimum atomic E-state index is -0.259. The molecule has 54 valence electrons. The lowest BCUT2D eigenvalue weighted by Gasteiger charge is -1.95. The summed E-state index contributed by atoms with van der Waals surface area (Å²) in [5.41, 5.74) is 5.36. The zero-order valence-electron chi connectivity index (χ0n) is 5.26. The van der Waals surface area contributed by atoms with Crippen molar-refractivity contribution in [3.05, 3.63) is 0 Å². The molecule has 1 amide bonds. The van der Waals surface area contributed by atoms with Crippen molar-refractivity contribution in [2.24, 2.45) is 5.73 Å². The highest BCUT2D eigenvalue weighted by Crippen LogP contribution is 2.03. The van der Waals surface area contributed by atoms with Crippen LogP contribution in [-0.2, 0) is 4.79 Å². The first-order valence-corrected chi connectivity index (χ1v) is 2.76. The maximum Gasteiger partial charge on any atom is 0.237 e. The molecule has 1 aliphatic rings. The summed E-state index contributed by atoms with van der Waals surface area (Å²) in [6.07, 6.45) is 0.777. The molecule has 1 heterocycles. The van der Waals surface area contributed by atoms with Gasteiger partial charge in [0.25, 0.3) is 0 Å². The number of halogens is 1. The van der Waals surface area contributed by atoms with Crippen molar-refractivity contribution in [3.8, 4) is 0 Å². The summed E-state index contributed by atoms with van der Waals surface area (Å²) in [5.74, 6) is -0.0162. The molecule has 1 fully saturated rings. The third kappa shape index (κ3) is 1.84. The second-order valence-corrected chi connectivity index (χ2v) is 2.25. The van der Waals surface area contributed by atoms with Gasteiger partial charge in [-0.2, -0.15) is 0 Å². The Morgan fingerprint density at radius 3 is 2.44 bits per heavy atom. The van der Waals surface area contributed by atoms with Crippen molar-refractivity contribution >= 4 is 18.3 Å². The average Bonchev–Trinajstić information content (AvgIpc) is 1.85. The first kappa shape index (κ1) is 8.72. The fourth-order valence-electron chi connectivity index (χ4n) is 0.897. The zero-order chi connectivity index (χ0) is 6.15. The Balaban J connectivity index is 0.000000640. The lowest BCUT2D eigenvalue weighted by Crippen LogP contribution is -2.30. The van der Waals surface area contributed by atoms with Crippen LogP contribution in [0.15, 0.2) is 0 Å². The molecule has 9 heavy (non-hydrogen) atoms. The Labute approximate surface area is 60.4 Å². The number of hydrogen-bond donors (Lipinski definition) is 2. The molecule has 0 bridgehead atoms. The lowest BCUT2D eigenvalue weighted by molar-refractivity contribution is -0.120. The van der Waals surface area contributed by atoms with Gasteiger partial charge >= 0.3 is 0 Å². The maximum atomic E-state index is 10.5. The molecule has 0 aliphatic carbocycles. The van der Waals surface area contributed by atoms with E-state index in [9.17, 15) is 4.79 Å². The normalized spacial score (nSPS) is 33.3. The van der Waals surface area contributed by atoms with Crippen LogP contribution < -0.4 is 11.1 Å². The van der Waals surface area contributed by atoms with Gasteiger partial charge in [0.1, 0.15) is 0 Å². The molecular weight excluding hydrogens is 140 g/mol. The van der Waals surface area contributed by atoms with E-state index in [4.69, 9.17) is 5.73 Å². The van der Waals surface area contributed by atoms with Gasteiger partial charge in [0, 0.05) is 6.04 Å². The van der Waals surface area contributed by atoms with Gasteiger partial charge in [0.05, 0.1) is 6.04 Å². The van der Waals surface area contributed by atoms with Crippen LogP contribution in [0, 0.1) is 0 Å². The number of rotatable bonds is 0. The van der Waals surface area contributed by atoms with Crippen LogP contribution in [0.4, 0.5) is 0 Å². The van der Waals surface area contributed by atoms with Crippen LogP contribution >= 0.6 is 12.4 Å². The van der Waals surface area contributed by atoms with Crippen LogP contribution in [0.25, 0.3) is 0 Å². The quantitative estimate of drug-likeness (QED) is 0.496. The highest BCUT2D eigenvalue weighted by Gasteiger charge is 2.24. The largest absolute Gasteiger partial charge is 0.352 e. The van der Waals surface area contributed by atoms with Gasteiger partial charge < -0.3 is 11.1 Å². The predicted molar refractivity (Wildman–Crippen MR) is 37.4 cm³/mol. The van der Waals surface area contributed by atoms with Gasteiger partial charge in [-0.05, 0) is 13.3 Å². The van der Waals surface area contributed by atoms with E-state index in [0.29, 0.717) is 0 Å². The Kier molecular flexibility index (Phi) is 2.94. The highest BCUT2D eigenvalue weighted by atomic mass is 35.5. The SMILES string of the molecule is C[C@H]1CC(N)C(=O)N1.Cl. The molecule has 0 aromatic rings. The van der Waals surface area contributed by atoms with E-state index in [2.05, 4.69) is 5.32 Å². The lowest BCUT2D eigenvalue weighted by atomic mass is 10.2. The van der Waals surface area contributed by atoms with E-state index in [0.717, 1.165) is 6.42 Å². The fraction of sp³-hybridized carbons (Fsp3) is 0.800. The standard InChI is InChI=1S/C5H10N2O.ClH/c1-3-2-4(6)5(8)7-3;/h3-4H,2,6H2,1H3,(H,7,8);1H/t3-,4?;/m0./s1. The fourth-order valence-corrected chi connectivity index (χ4v) is 0.897. The van der Waals surface area contributed by atoms with E-state index >= 15 is 0 Å². The van der Waals surface area contributed by atoms with Gasteiger partial charge in [-0.25, -0.2) is 0 Å². The van der Waals surface area contributed by atoms with Crippen molar-refractivity contribution in [2.75, 3.05) is 0 Å². The topological polar surface area (TPSA) is 55.1 Å². The number of carbonyl (C=O) groups excluding carboxylic acids is 1. The van der Waals surface area contributed by atoms with Crippen LogP contribution in [0.3, 0.4) is 0 Å². The molecule has 0 saturated carbocycles. The molecule has 1 unspecified atom stereocenters. The molecule has 0 aromatic heterocycles. The molecule has 1 saturated heterocycles. The minimum absolute atomic E-state index is 0. The van der Waals surface area contributed by atoms with Gasteiger partial charge in [-0.1, -0.05) is 0 Å². The summed E-state index contributed by atoms with van der Waals surface area (Å²) in [7, 11) is 0. The number of nitrogens with one attached hydrogen (secondary N) is 1. The summed E-state index contributed by atoms with van der Waals surface area (Å²) < 4.78 is 0. The van der Waals surface area contributed by atoms with Crippen molar-refractivity contribution < 1.29 is 4.79 Å². The summed E-state index contributed by atoms with van der Waals surface area (Å²) >= 11 is 0. The molecule has 4 heteroatoms. The van der Waals surface area contributed by atoms with Crippen molar-refractivity contribution in [3.63, 3.8) is 0 Å². The average molecular weight is 151 g/mol. The summed E-state index contributed by atoms with van der Waals surface area (Å²) in [4.78, 5) is 10.5. The maximum absolute atomic E-state index is 10.5. The predicted octanol–water partition coefficient (Wildman–Crippen LogP) is -0.356. The molecular formula is C5H11ClN2O. The number of carbonyl (C=O) groups is 1. The number of nitrogens with two attached hydrogens (primary N) is 1. The van der Waals surface area contributed by atoms with Gasteiger partial charge in [0.2, 0.25) is 5.91 Å². The van der Waals surface area contributed by atoms with Crippen LogP contribution in [-0.4, -0.2) is 18.0 Å². The third-order valence-corrected chi connectivity index (χ3v) is 1.33. The van der Waals surface area contributed by atoms with Gasteiger partial charge in [0.15, 0.2) is 0 Å². The van der Waals surface area contributed by atoms with Crippen molar-refractivity contribution in [1.29, 1.82) is 0 Å². The second kappa shape index (κ2) is 3.03. The Hall–Kier alpha value is -0.280. The monoisotopic (exact) mass is 150 g/mol. The van der Waals surface area contributed by atoms with Crippen LogP contribution in [0.5, 0.6) is 0 Å². The number of hydrogen-bond acceptors (Lipinski definition) is 2. The van der Waals surface area contributed by atoms with Crippen LogP contribution in [0.1, 0.15) is 13.3 Å². The Bertz CT molecular complexity index is 118. The molecule has 3 N–H and O–H groups in total. The Morgan fingerprint density at radius 1 is 1.78 bits per heavy atom. The van der Waals surface area contributed by atoms with Crippen molar-refractivity contribution in [1.82, 2.24) is 5.32 Å². The van der Waals surface area contributed by atoms with E-state index in [1.54, 1.807) is 0 Å². The van der Waals surface area contributed by atoms with Crippen LogP contribution in [0.2, 0.25) is 0 Å². The smallest absolute Gasteiger partial charge is 0.237 e. The molecule has 1 rings (SSSR count). The van der Waals surface area contributed by atoms with E-state index in [1.165, 1.54) is 0 Å². The number of amides is 1. The van der Waals surface area contributed by atoms with E-state index in [1.807, 2.05) is 6.92 Å². The first-order chi connectivity index (χ1) is 3.70. The van der Waals surface area contributed by atoms with Gasteiger partial charge in [-0.3, -0.25) is 4.79 Å². The molecule has 0 radical (unpaired) electrons. The molecule has 3 nitrogen and oxygen atoms in total. The summed E-state index contributed by atoms with van der Waals surface area (Å²) in [5, 5.41) is 2.70. The highest BCUT2D eigenvalue weighted by molar-refractivity contribution is 5.85. The van der Waals surface area contributed by atoms with E-state index in [-0.39, 0.29) is 30.4 Å². The molecule has 0 spiro atoms. The molecule has 2 atom stereocenters. The molecule has 1 aliphatic heterocycles. The third-order valence-electron chi connectivity index (χ3n) is 1.33. The zero-order valence-corrected chi connectivity index (χ0v) is 6.07. The summed E-state index contributed by atoms with van der Waals surface area (Å²) in [6.45, 7) is 1.95. The summed E-state index contributed by atoms with van der Waals surface area (Å²) in [6, 6.07) is 0.0162. The van der Waals surface area contributed by atoms with E-state index < -0.39 is 0 Å².